The van der Waals surface area contributed by atoms with Crippen LogP contribution in [0.1, 0.15) is 53.2 Å². The highest BCUT2D eigenvalue weighted by Gasteiger charge is 2.39. The van der Waals surface area contributed by atoms with Crippen LogP contribution in [0.25, 0.3) is 0 Å². The van der Waals surface area contributed by atoms with Gasteiger partial charge in [-0.25, -0.2) is 4.98 Å². The number of anilines is 1. The van der Waals surface area contributed by atoms with Gasteiger partial charge in [-0.05, 0) is 50.8 Å². The van der Waals surface area contributed by atoms with E-state index >= 15 is 0 Å². The van der Waals surface area contributed by atoms with E-state index in [1.807, 2.05) is 0 Å². The van der Waals surface area contributed by atoms with E-state index in [2.05, 4.69) is 10.3 Å². The summed E-state index contributed by atoms with van der Waals surface area (Å²) in [5, 5.41) is 2.86. The average Bonchev–Trinajstić information content (AvgIpc) is 3.12. The van der Waals surface area contributed by atoms with Crippen molar-refractivity contribution < 1.29 is 35.6 Å². The summed E-state index contributed by atoms with van der Waals surface area (Å²) in [6, 6.07) is 2.49. The summed E-state index contributed by atoms with van der Waals surface area (Å²) in [5.41, 5.74) is -2.67. The molecular formula is C20H21F6N3O2. The molecule has 0 bridgehead atoms. The van der Waals surface area contributed by atoms with Gasteiger partial charge in [0.2, 0.25) is 0 Å². The highest BCUT2D eigenvalue weighted by molar-refractivity contribution is 5.92. The minimum atomic E-state index is -5.00. The Bertz CT molecular complexity index is 897. The van der Waals surface area contributed by atoms with Gasteiger partial charge in [0.1, 0.15) is 11.4 Å². The lowest BCUT2D eigenvalue weighted by molar-refractivity contribution is -0.150. The molecule has 170 valence electrons. The molecule has 0 atom stereocenters. The molecule has 2 heterocycles. The number of carbonyl (C=O) groups excluding carboxylic acids is 1. The molecule has 1 amide bonds. The van der Waals surface area contributed by atoms with Crippen LogP contribution >= 0.6 is 0 Å². The van der Waals surface area contributed by atoms with Crippen molar-refractivity contribution in [3.63, 3.8) is 0 Å². The number of nitrogens with zero attached hydrogens (tertiary/aromatic N) is 2. The largest absolute Gasteiger partial charge is 0.459 e. The monoisotopic (exact) mass is 449 g/mol. The van der Waals surface area contributed by atoms with Crippen LogP contribution in [-0.4, -0.2) is 30.0 Å². The van der Waals surface area contributed by atoms with Crippen LogP contribution in [0, 0.1) is 6.92 Å². The molecule has 0 aromatic carbocycles. The lowest BCUT2D eigenvalue weighted by atomic mass is 9.90. The Morgan fingerprint density at radius 2 is 1.61 bits per heavy atom. The van der Waals surface area contributed by atoms with Crippen LogP contribution in [0.3, 0.4) is 0 Å². The van der Waals surface area contributed by atoms with Crippen LogP contribution in [0.15, 0.2) is 28.9 Å². The van der Waals surface area contributed by atoms with Gasteiger partial charge in [0.25, 0.3) is 5.91 Å². The van der Waals surface area contributed by atoms with Crippen LogP contribution in [0.4, 0.5) is 32.0 Å². The first-order valence-corrected chi connectivity index (χ1v) is 9.60. The number of rotatable bonds is 4. The predicted octanol–water partition coefficient (Wildman–Crippen LogP) is 5.20. The molecule has 1 saturated carbocycles. The molecule has 11 heteroatoms. The minimum Gasteiger partial charge on any atom is -0.459 e. The fourth-order valence-electron chi connectivity index (χ4n) is 3.68. The van der Waals surface area contributed by atoms with E-state index in [4.69, 9.17) is 4.42 Å². The van der Waals surface area contributed by atoms with Gasteiger partial charge in [0.15, 0.2) is 5.76 Å². The second-order valence-electron chi connectivity index (χ2n) is 7.61. The second kappa shape index (κ2) is 8.43. The van der Waals surface area contributed by atoms with Crippen molar-refractivity contribution in [1.29, 1.82) is 0 Å². The van der Waals surface area contributed by atoms with E-state index in [1.54, 1.807) is 13.0 Å². The Morgan fingerprint density at radius 1 is 1.06 bits per heavy atom. The van der Waals surface area contributed by atoms with Crippen LogP contribution in [-0.2, 0) is 12.4 Å². The molecule has 5 nitrogen and oxygen atoms in total. The molecule has 0 spiro atoms. The lowest BCUT2D eigenvalue weighted by Gasteiger charge is -2.36. The summed E-state index contributed by atoms with van der Waals surface area (Å²) in [6.45, 7) is 1.74. The zero-order valence-corrected chi connectivity index (χ0v) is 16.8. The summed E-state index contributed by atoms with van der Waals surface area (Å²) in [4.78, 5) is 16.4. The van der Waals surface area contributed by atoms with Crippen LogP contribution in [0.2, 0.25) is 0 Å². The van der Waals surface area contributed by atoms with Gasteiger partial charge in [-0.15, -0.1) is 0 Å². The van der Waals surface area contributed by atoms with Gasteiger partial charge in [0, 0.05) is 30.4 Å². The molecule has 2 aromatic heterocycles. The van der Waals surface area contributed by atoms with Crippen molar-refractivity contribution in [2.75, 3.05) is 11.9 Å². The van der Waals surface area contributed by atoms with E-state index in [1.165, 1.54) is 18.2 Å². The van der Waals surface area contributed by atoms with Crippen molar-refractivity contribution in [3.05, 3.63) is 47.2 Å². The maximum absolute atomic E-state index is 13.1. The first-order valence-electron chi connectivity index (χ1n) is 9.60. The molecule has 2 aromatic rings. The first-order chi connectivity index (χ1) is 14.4. The van der Waals surface area contributed by atoms with E-state index < -0.39 is 23.7 Å². The highest BCUT2D eigenvalue weighted by Crippen LogP contribution is 2.37. The molecule has 0 saturated heterocycles. The molecular weight excluding hydrogens is 428 g/mol. The molecule has 1 N–H and O–H groups in total. The van der Waals surface area contributed by atoms with Gasteiger partial charge >= 0.3 is 12.4 Å². The van der Waals surface area contributed by atoms with E-state index in [0.717, 1.165) is 0 Å². The van der Waals surface area contributed by atoms with Gasteiger partial charge in [-0.3, -0.25) is 4.79 Å². The number of aromatic nitrogens is 1. The molecule has 3 rings (SSSR count). The summed E-state index contributed by atoms with van der Waals surface area (Å²) in [6.07, 6.45) is -6.54. The average molecular weight is 449 g/mol. The zero-order valence-electron chi connectivity index (χ0n) is 16.8. The highest BCUT2D eigenvalue weighted by atomic mass is 19.4. The number of amides is 1. The Balaban J connectivity index is 1.69. The van der Waals surface area contributed by atoms with Crippen LogP contribution in [0.5, 0.6) is 0 Å². The third kappa shape index (κ3) is 5.31. The Kier molecular flexibility index (Phi) is 6.24. The first kappa shape index (κ1) is 23.0. The van der Waals surface area contributed by atoms with Gasteiger partial charge in [0.05, 0.1) is 6.26 Å². The van der Waals surface area contributed by atoms with E-state index in [9.17, 15) is 31.1 Å². The number of furan rings is 1. The smallest absolute Gasteiger partial charge is 0.433 e. The Labute approximate surface area is 174 Å². The summed E-state index contributed by atoms with van der Waals surface area (Å²) in [5.74, 6) is -0.131. The van der Waals surface area contributed by atoms with Crippen LogP contribution < -0.4 is 10.2 Å². The van der Waals surface area contributed by atoms with Crippen molar-refractivity contribution in [3.8, 4) is 0 Å². The molecule has 1 aliphatic rings. The fraction of sp³-hybridized carbons (Fsp3) is 0.500. The Hall–Kier alpha value is -2.72. The molecule has 0 unspecified atom stereocenters. The summed E-state index contributed by atoms with van der Waals surface area (Å²) >= 11 is 0. The number of hydrogen-bond donors (Lipinski definition) is 1. The number of nitrogens with one attached hydrogen (secondary N) is 1. The number of aryl methyl sites for hydroxylation is 1. The number of carbonyl (C=O) groups is 1. The number of halogens is 6. The van der Waals surface area contributed by atoms with Crippen molar-refractivity contribution in [1.82, 2.24) is 10.3 Å². The third-order valence-electron chi connectivity index (χ3n) is 5.45. The third-order valence-corrected chi connectivity index (χ3v) is 5.45. The zero-order chi connectivity index (χ0) is 23.0. The molecule has 0 aliphatic heterocycles. The predicted molar refractivity (Wildman–Crippen MR) is 99.6 cm³/mol. The number of alkyl halides is 6. The molecule has 0 radical (unpaired) electrons. The number of hydrogen-bond acceptors (Lipinski definition) is 4. The quantitative estimate of drug-likeness (QED) is 0.652. The summed E-state index contributed by atoms with van der Waals surface area (Å²) in [7, 11) is 1.46. The lowest BCUT2D eigenvalue weighted by Crippen LogP contribution is -2.43. The summed E-state index contributed by atoms with van der Waals surface area (Å²) < 4.78 is 83.5. The van der Waals surface area contributed by atoms with E-state index in [0.29, 0.717) is 43.4 Å². The van der Waals surface area contributed by atoms with E-state index in [-0.39, 0.29) is 29.4 Å². The maximum atomic E-state index is 13.1. The maximum Gasteiger partial charge on any atom is 0.433 e. The molecule has 1 fully saturated rings. The molecule has 31 heavy (non-hydrogen) atoms. The van der Waals surface area contributed by atoms with Gasteiger partial charge in [-0.2, -0.15) is 26.3 Å². The van der Waals surface area contributed by atoms with Crippen molar-refractivity contribution in [2.45, 2.75) is 57.0 Å². The Morgan fingerprint density at radius 3 is 2.06 bits per heavy atom. The van der Waals surface area contributed by atoms with Gasteiger partial charge in [-0.1, -0.05) is 0 Å². The van der Waals surface area contributed by atoms with Gasteiger partial charge < -0.3 is 14.6 Å². The minimum absolute atomic E-state index is 0.157. The second-order valence-corrected chi connectivity index (χ2v) is 7.61. The normalized spacial score (nSPS) is 19.9. The molecule has 1 aliphatic carbocycles. The fourth-order valence-corrected chi connectivity index (χ4v) is 3.68. The standard InChI is InChI=1S/C20H21F6N3O2/c1-11-7-8-31-17(11)18(30)27-12-3-5-13(6-4-12)29(2)14-9-15(19(21,22)23)28-16(10-14)20(24,25)26/h7-10,12-13H,3-6H2,1-2H3,(H,27,30)/t12-,13+. The van der Waals surface area contributed by atoms with Crippen molar-refractivity contribution in [2.24, 2.45) is 0 Å². The van der Waals surface area contributed by atoms with Crippen molar-refractivity contribution >= 4 is 11.6 Å². The SMILES string of the molecule is Cc1ccoc1C(=O)N[C@H]1CC[C@@H](N(C)c2cc(C(F)(F)F)nc(C(F)(F)F)c2)CC1. The number of pyridine rings is 1. The topological polar surface area (TPSA) is 58.4 Å².